The molecule has 4 rings (SSSR count). The third-order valence-corrected chi connectivity index (χ3v) is 4.72. The van der Waals surface area contributed by atoms with Crippen LogP contribution in [0.15, 0.2) is 30.6 Å². The number of hydrogen-bond acceptors (Lipinski definition) is 5. The summed E-state index contributed by atoms with van der Waals surface area (Å²) in [6.07, 6.45) is 1.67. The molecule has 8 heteroatoms. The Balaban J connectivity index is 1.37. The highest BCUT2D eigenvalue weighted by molar-refractivity contribution is 5.89. The van der Waals surface area contributed by atoms with Crippen molar-refractivity contribution in [1.82, 2.24) is 24.6 Å². The van der Waals surface area contributed by atoms with Crippen molar-refractivity contribution in [3.63, 3.8) is 0 Å². The number of carbonyl (C=O) groups is 1. The minimum Gasteiger partial charge on any atom is -0.378 e. The Hall–Kier alpha value is -2.45. The molecule has 3 heterocycles. The number of urea groups is 1. The van der Waals surface area contributed by atoms with E-state index in [4.69, 9.17) is 4.74 Å². The van der Waals surface area contributed by atoms with Gasteiger partial charge in [0, 0.05) is 44.5 Å². The zero-order valence-corrected chi connectivity index (χ0v) is 14.3. The lowest BCUT2D eigenvalue weighted by Gasteiger charge is -2.43. The molecule has 25 heavy (non-hydrogen) atoms. The van der Waals surface area contributed by atoms with Gasteiger partial charge in [-0.15, -0.1) is 0 Å². The minimum atomic E-state index is -0.0612. The lowest BCUT2D eigenvalue weighted by molar-refractivity contribution is -0.0355. The standard InChI is InChI=1S/C17H22N6O2/c1-21-12-18-16(20-21)13-2-4-14(5-3-13)19-17(24)23-7-6-22-8-9-25-11-15(22)10-23/h2-5,12,15H,6-11H2,1H3,(H,19,24). The van der Waals surface area contributed by atoms with Crippen molar-refractivity contribution in [2.75, 3.05) is 44.7 Å². The maximum absolute atomic E-state index is 12.5. The molecule has 1 atom stereocenters. The largest absolute Gasteiger partial charge is 0.378 e. The lowest BCUT2D eigenvalue weighted by atomic mass is 10.1. The summed E-state index contributed by atoms with van der Waals surface area (Å²) in [6, 6.07) is 7.84. The van der Waals surface area contributed by atoms with E-state index >= 15 is 0 Å². The molecule has 0 aliphatic carbocycles. The van der Waals surface area contributed by atoms with Crippen LogP contribution in [0.5, 0.6) is 0 Å². The molecule has 0 bridgehead atoms. The summed E-state index contributed by atoms with van der Waals surface area (Å²) in [7, 11) is 1.84. The molecule has 0 radical (unpaired) electrons. The van der Waals surface area contributed by atoms with Gasteiger partial charge in [0.1, 0.15) is 6.33 Å². The molecule has 1 unspecified atom stereocenters. The van der Waals surface area contributed by atoms with Gasteiger partial charge in [0.2, 0.25) is 0 Å². The van der Waals surface area contributed by atoms with E-state index in [9.17, 15) is 4.79 Å². The van der Waals surface area contributed by atoms with Crippen molar-refractivity contribution in [2.24, 2.45) is 7.05 Å². The first-order valence-electron chi connectivity index (χ1n) is 8.53. The number of carbonyl (C=O) groups excluding carboxylic acids is 1. The van der Waals surface area contributed by atoms with E-state index in [0.717, 1.165) is 37.5 Å². The Labute approximate surface area is 146 Å². The molecule has 2 aliphatic heterocycles. The fourth-order valence-electron chi connectivity index (χ4n) is 3.31. The molecule has 132 valence electrons. The maximum Gasteiger partial charge on any atom is 0.321 e. The van der Waals surface area contributed by atoms with Gasteiger partial charge >= 0.3 is 6.03 Å². The number of hydrogen-bond donors (Lipinski definition) is 1. The first-order chi connectivity index (χ1) is 12.2. The Morgan fingerprint density at radius 3 is 2.84 bits per heavy atom. The van der Waals surface area contributed by atoms with Crippen molar-refractivity contribution in [2.45, 2.75) is 6.04 Å². The van der Waals surface area contributed by atoms with E-state index in [1.807, 2.05) is 36.2 Å². The second kappa shape index (κ2) is 6.81. The molecule has 0 saturated carbocycles. The summed E-state index contributed by atoms with van der Waals surface area (Å²) >= 11 is 0. The molecule has 2 amide bonds. The highest BCUT2D eigenvalue weighted by Gasteiger charge is 2.31. The fourth-order valence-corrected chi connectivity index (χ4v) is 3.31. The molecule has 2 fully saturated rings. The predicted molar refractivity (Wildman–Crippen MR) is 93.2 cm³/mol. The smallest absolute Gasteiger partial charge is 0.321 e. The number of rotatable bonds is 2. The number of aromatic nitrogens is 3. The predicted octanol–water partition coefficient (Wildman–Crippen LogP) is 1.03. The van der Waals surface area contributed by atoms with Crippen LogP contribution in [0, 0.1) is 0 Å². The van der Waals surface area contributed by atoms with Crippen LogP contribution in [0.1, 0.15) is 0 Å². The van der Waals surface area contributed by atoms with Crippen LogP contribution in [0.25, 0.3) is 11.4 Å². The molecule has 2 saturated heterocycles. The van der Waals surface area contributed by atoms with E-state index in [0.29, 0.717) is 25.0 Å². The molecule has 1 aromatic heterocycles. The van der Waals surface area contributed by atoms with E-state index < -0.39 is 0 Å². The van der Waals surface area contributed by atoms with Crippen LogP contribution < -0.4 is 5.32 Å². The van der Waals surface area contributed by atoms with Gasteiger partial charge in [0.15, 0.2) is 5.82 Å². The molecule has 2 aromatic rings. The second-order valence-corrected chi connectivity index (χ2v) is 6.46. The molecule has 2 aliphatic rings. The van der Waals surface area contributed by atoms with Crippen LogP contribution in [-0.4, -0.2) is 76.0 Å². The second-order valence-electron chi connectivity index (χ2n) is 6.46. The number of amides is 2. The average Bonchev–Trinajstić information content (AvgIpc) is 3.08. The van der Waals surface area contributed by atoms with Crippen molar-refractivity contribution in [3.8, 4) is 11.4 Å². The minimum absolute atomic E-state index is 0.0612. The number of ether oxygens (including phenoxy) is 1. The fraction of sp³-hybridized carbons (Fsp3) is 0.471. The number of anilines is 1. The van der Waals surface area contributed by atoms with Gasteiger partial charge in [-0.05, 0) is 24.3 Å². The normalized spacial score (nSPS) is 21.0. The van der Waals surface area contributed by atoms with Crippen LogP contribution in [0.4, 0.5) is 10.5 Å². The van der Waals surface area contributed by atoms with Crippen LogP contribution in [0.2, 0.25) is 0 Å². The van der Waals surface area contributed by atoms with Crippen molar-refractivity contribution in [1.29, 1.82) is 0 Å². The van der Waals surface area contributed by atoms with Gasteiger partial charge in [-0.2, -0.15) is 5.10 Å². The number of aryl methyl sites for hydroxylation is 1. The number of fused-ring (bicyclic) bond motifs is 1. The maximum atomic E-state index is 12.5. The van der Waals surface area contributed by atoms with Crippen LogP contribution >= 0.6 is 0 Å². The van der Waals surface area contributed by atoms with Crippen LogP contribution in [0.3, 0.4) is 0 Å². The molecule has 1 aromatic carbocycles. The Morgan fingerprint density at radius 2 is 2.08 bits per heavy atom. The molecular formula is C17H22N6O2. The summed E-state index contributed by atoms with van der Waals surface area (Å²) in [6.45, 7) is 4.82. The highest BCUT2D eigenvalue weighted by Crippen LogP contribution is 2.19. The summed E-state index contributed by atoms with van der Waals surface area (Å²) in [5.41, 5.74) is 1.69. The number of nitrogens with zero attached hydrogens (tertiary/aromatic N) is 5. The van der Waals surface area contributed by atoms with Gasteiger partial charge in [-0.3, -0.25) is 9.58 Å². The number of nitrogens with one attached hydrogen (secondary N) is 1. The molecular weight excluding hydrogens is 320 g/mol. The molecule has 0 spiro atoms. The summed E-state index contributed by atoms with van der Waals surface area (Å²) in [5.74, 6) is 0.675. The van der Waals surface area contributed by atoms with Gasteiger partial charge < -0.3 is 15.0 Å². The lowest BCUT2D eigenvalue weighted by Crippen LogP contribution is -2.59. The number of piperazine rings is 1. The van der Waals surface area contributed by atoms with E-state index in [2.05, 4.69) is 20.3 Å². The topological polar surface area (TPSA) is 75.5 Å². The van der Waals surface area contributed by atoms with Crippen molar-refractivity contribution < 1.29 is 9.53 Å². The summed E-state index contributed by atoms with van der Waals surface area (Å²) in [4.78, 5) is 21.0. The van der Waals surface area contributed by atoms with Crippen LogP contribution in [-0.2, 0) is 11.8 Å². The quantitative estimate of drug-likeness (QED) is 0.882. The Morgan fingerprint density at radius 1 is 1.24 bits per heavy atom. The van der Waals surface area contributed by atoms with Gasteiger partial charge in [0.05, 0.1) is 19.3 Å². The van der Waals surface area contributed by atoms with E-state index in [-0.39, 0.29) is 6.03 Å². The van der Waals surface area contributed by atoms with Crippen molar-refractivity contribution >= 4 is 11.7 Å². The number of morpholine rings is 1. The zero-order chi connectivity index (χ0) is 17.2. The summed E-state index contributed by atoms with van der Waals surface area (Å²) in [5, 5.41) is 7.25. The third kappa shape index (κ3) is 3.49. The van der Waals surface area contributed by atoms with E-state index in [1.54, 1.807) is 11.0 Å². The molecule has 8 nitrogen and oxygen atoms in total. The Bertz CT molecular complexity index is 744. The van der Waals surface area contributed by atoms with Gasteiger partial charge in [-0.25, -0.2) is 9.78 Å². The van der Waals surface area contributed by atoms with Gasteiger partial charge in [0.25, 0.3) is 0 Å². The first kappa shape index (κ1) is 16.0. The Kier molecular flexibility index (Phi) is 4.37. The number of benzene rings is 1. The van der Waals surface area contributed by atoms with Crippen molar-refractivity contribution in [3.05, 3.63) is 30.6 Å². The van der Waals surface area contributed by atoms with Gasteiger partial charge in [-0.1, -0.05) is 0 Å². The monoisotopic (exact) mass is 342 g/mol. The highest BCUT2D eigenvalue weighted by atomic mass is 16.5. The first-order valence-corrected chi connectivity index (χ1v) is 8.53. The zero-order valence-electron chi connectivity index (χ0n) is 14.3. The molecule has 1 N–H and O–H groups in total. The average molecular weight is 342 g/mol. The summed E-state index contributed by atoms with van der Waals surface area (Å²) < 4.78 is 7.19. The van der Waals surface area contributed by atoms with E-state index in [1.165, 1.54) is 0 Å². The SMILES string of the molecule is Cn1cnc(-c2ccc(NC(=O)N3CCN4CCOCC4C3)cc2)n1. The third-order valence-electron chi connectivity index (χ3n) is 4.72.